The van der Waals surface area contributed by atoms with E-state index < -0.39 is 65.0 Å². The second kappa shape index (κ2) is 11.8. The minimum absolute atomic E-state index is 0.0355. The second-order valence-corrected chi connectivity index (χ2v) is 13.3. The zero-order chi connectivity index (χ0) is 31.2. The number of nitrogens with zero attached hydrogens (tertiary/aromatic N) is 3. The Balaban J connectivity index is 1.70. The highest BCUT2D eigenvalue weighted by molar-refractivity contribution is 6.40. The van der Waals surface area contributed by atoms with Gasteiger partial charge in [-0.3, -0.25) is 19.1 Å². The molecule has 0 unspecified atom stereocenters. The molecule has 2 aromatic rings. The molecule has 0 saturated heterocycles. The third-order valence-electron chi connectivity index (χ3n) is 8.83. The van der Waals surface area contributed by atoms with E-state index in [0.29, 0.717) is 25.7 Å². The molecular weight excluding hydrogens is 601 g/mol. The molecule has 1 aromatic heterocycles. The van der Waals surface area contributed by atoms with Crippen molar-refractivity contribution in [3.8, 4) is 0 Å². The van der Waals surface area contributed by atoms with Crippen LogP contribution in [0, 0.1) is 16.6 Å². The van der Waals surface area contributed by atoms with E-state index in [2.05, 4.69) is 18.9 Å². The van der Waals surface area contributed by atoms with Crippen molar-refractivity contribution >= 4 is 40.9 Å². The molecule has 13 heteroatoms. The third-order valence-corrected chi connectivity index (χ3v) is 9.42. The molecule has 7 nitrogen and oxygen atoms in total. The smallest absolute Gasteiger partial charge is 0.433 e. The van der Waals surface area contributed by atoms with Crippen molar-refractivity contribution in [2.24, 2.45) is 10.8 Å². The van der Waals surface area contributed by atoms with E-state index in [1.54, 1.807) is 6.92 Å². The van der Waals surface area contributed by atoms with Crippen LogP contribution in [0.25, 0.3) is 0 Å². The molecule has 0 radical (unpaired) electrons. The largest absolute Gasteiger partial charge is 0.481 e. The molecule has 1 N–H and O–H groups in total. The lowest BCUT2D eigenvalue weighted by molar-refractivity contribution is -0.152. The minimum atomic E-state index is -4.96. The van der Waals surface area contributed by atoms with Gasteiger partial charge in [0.2, 0.25) is 0 Å². The summed E-state index contributed by atoms with van der Waals surface area (Å²) in [5.74, 6) is -3.51. The normalized spacial score (nSPS) is 23.0. The van der Waals surface area contributed by atoms with Gasteiger partial charge < -0.3 is 10.0 Å². The number of halogens is 6. The predicted octanol–water partition coefficient (Wildman–Crippen LogP) is 7.85. The Hall–Kier alpha value is -2.66. The number of carboxylic acid groups (broad SMARTS) is 1. The molecule has 2 fully saturated rings. The van der Waals surface area contributed by atoms with E-state index in [0.717, 1.165) is 27.9 Å². The highest BCUT2D eigenvalue weighted by Crippen LogP contribution is 2.44. The maximum absolute atomic E-state index is 14.6. The molecular formula is C29H33Cl2F4N3O4. The minimum Gasteiger partial charge on any atom is -0.481 e. The summed E-state index contributed by atoms with van der Waals surface area (Å²) in [4.78, 5) is 40.1. The van der Waals surface area contributed by atoms with Gasteiger partial charge in [-0.25, -0.2) is 4.39 Å². The number of Topliss-reactive ketones (excluding diaryl/α,β-unsaturated/α-hetero) is 1. The van der Waals surface area contributed by atoms with Gasteiger partial charge in [0.15, 0.2) is 11.5 Å². The first kappa shape index (κ1) is 32.3. The molecule has 42 heavy (non-hydrogen) atoms. The molecule has 1 amide bonds. The first-order valence-electron chi connectivity index (χ1n) is 13.8. The van der Waals surface area contributed by atoms with Crippen molar-refractivity contribution in [1.29, 1.82) is 0 Å². The van der Waals surface area contributed by atoms with Gasteiger partial charge in [-0.05, 0) is 75.8 Å². The van der Waals surface area contributed by atoms with Gasteiger partial charge in [0.05, 0.1) is 45.4 Å². The summed E-state index contributed by atoms with van der Waals surface area (Å²) >= 11 is 12.2. The highest BCUT2D eigenvalue weighted by atomic mass is 35.5. The number of hydrogen-bond acceptors (Lipinski definition) is 4. The molecule has 2 aliphatic carbocycles. The van der Waals surface area contributed by atoms with Gasteiger partial charge in [-0.2, -0.15) is 18.3 Å². The standard InChI is InChI=1S/C29H33Cl2F4N3O4/c1-27(2)8-4-17(5-9-27)37(15-22(39)23-20(30)12-16(32)13-21(23)31)25(40)19-14-36-38(24(19)29(33,34)35)18-6-10-28(3,11-7-18)26(41)42/h12-14,17-18H,4-11,15H2,1-3H3,(H,41,42). The Labute approximate surface area is 251 Å². The lowest BCUT2D eigenvalue weighted by Crippen LogP contribution is -2.46. The molecule has 4 rings (SSSR count). The van der Waals surface area contributed by atoms with Crippen LogP contribution in [0.5, 0.6) is 0 Å². The summed E-state index contributed by atoms with van der Waals surface area (Å²) in [5.41, 5.74) is -3.23. The summed E-state index contributed by atoms with van der Waals surface area (Å²) in [6.45, 7) is 5.07. The lowest BCUT2D eigenvalue weighted by Gasteiger charge is -2.40. The van der Waals surface area contributed by atoms with Crippen LogP contribution in [0.2, 0.25) is 10.0 Å². The van der Waals surface area contributed by atoms with Crippen LogP contribution < -0.4 is 0 Å². The molecule has 0 aliphatic heterocycles. The van der Waals surface area contributed by atoms with Crippen LogP contribution in [0.4, 0.5) is 17.6 Å². The summed E-state index contributed by atoms with van der Waals surface area (Å²) in [5, 5.41) is 13.0. The van der Waals surface area contributed by atoms with Crippen LogP contribution in [-0.4, -0.2) is 50.0 Å². The Morgan fingerprint density at radius 3 is 2.07 bits per heavy atom. The zero-order valence-electron chi connectivity index (χ0n) is 23.5. The van der Waals surface area contributed by atoms with Crippen LogP contribution in [0.15, 0.2) is 18.3 Å². The molecule has 0 atom stereocenters. The van der Waals surface area contributed by atoms with Crippen molar-refractivity contribution in [2.45, 2.75) is 90.4 Å². The predicted molar refractivity (Wildman–Crippen MR) is 148 cm³/mol. The SMILES string of the molecule is CC1(C)CCC(N(CC(=O)c2c(Cl)cc(F)cc2Cl)C(=O)c2cnn(C3CCC(C)(C(=O)O)CC3)c2C(F)(F)F)CC1. The number of aromatic nitrogens is 2. The third kappa shape index (κ3) is 6.61. The van der Waals surface area contributed by atoms with E-state index in [4.69, 9.17) is 23.2 Å². The number of carbonyl (C=O) groups excluding carboxylic acids is 2. The van der Waals surface area contributed by atoms with Crippen molar-refractivity contribution in [3.63, 3.8) is 0 Å². The van der Waals surface area contributed by atoms with Crippen LogP contribution in [0.3, 0.4) is 0 Å². The number of carboxylic acids is 1. The number of alkyl halides is 3. The highest BCUT2D eigenvalue weighted by Gasteiger charge is 2.46. The molecule has 1 aromatic carbocycles. The van der Waals surface area contributed by atoms with Gasteiger partial charge in [0.25, 0.3) is 5.91 Å². The first-order valence-corrected chi connectivity index (χ1v) is 14.6. The van der Waals surface area contributed by atoms with E-state index in [-0.39, 0.29) is 46.7 Å². The monoisotopic (exact) mass is 633 g/mol. The van der Waals surface area contributed by atoms with E-state index >= 15 is 0 Å². The van der Waals surface area contributed by atoms with Crippen molar-refractivity contribution in [2.75, 3.05) is 6.54 Å². The number of ketones is 1. The van der Waals surface area contributed by atoms with E-state index in [1.807, 2.05) is 0 Å². The molecule has 1 heterocycles. The van der Waals surface area contributed by atoms with Gasteiger partial charge >= 0.3 is 12.1 Å². The Morgan fingerprint density at radius 1 is 1.02 bits per heavy atom. The average Bonchev–Trinajstić information content (AvgIpc) is 3.33. The number of aliphatic carboxylic acids is 1. The molecule has 2 saturated carbocycles. The molecule has 2 aliphatic rings. The average molecular weight is 634 g/mol. The van der Waals surface area contributed by atoms with Crippen molar-refractivity contribution in [1.82, 2.24) is 14.7 Å². The topological polar surface area (TPSA) is 92.5 Å². The van der Waals surface area contributed by atoms with Crippen LogP contribution >= 0.6 is 23.2 Å². The maximum atomic E-state index is 14.6. The summed E-state index contributed by atoms with van der Waals surface area (Å²) < 4.78 is 58.2. The van der Waals surface area contributed by atoms with Gasteiger partial charge in [0.1, 0.15) is 5.82 Å². The summed E-state index contributed by atoms with van der Waals surface area (Å²) in [7, 11) is 0. The fraction of sp³-hybridized carbons (Fsp3) is 0.586. The number of carbonyl (C=O) groups is 3. The molecule has 230 valence electrons. The quantitative estimate of drug-likeness (QED) is 0.248. The fourth-order valence-corrected chi connectivity index (χ4v) is 6.71. The number of amides is 1. The van der Waals surface area contributed by atoms with E-state index in [1.165, 1.54) is 0 Å². The van der Waals surface area contributed by atoms with Gasteiger partial charge in [-0.15, -0.1) is 0 Å². The van der Waals surface area contributed by atoms with Gasteiger partial charge in [0, 0.05) is 6.04 Å². The van der Waals surface area contributed by atoms with E-state index in [9.17, 15) is 37.1 Å². The molecule has 0 spiro atoms. The first-order chi connectivity index (χ1) is 19.4. The number of benzene rings is 1. The summed E-state index contributed by atoms with van der Waals surface area (Å²) in [6, 6.07) is 0.517. The Morgan fingerprint density at radius 2 is 1.57 bits per heavy atom. The number of hydrogen-bond donors (Lipinski definition) is 1. The molecule has 0 bridgehead atoms. The van der Waals surface area contributed by atoms with Crippen LogP contribution in [0.1, 0.15) is 105 Å². The lowest BCUT2D eigenvalue weighted by atomic mass is 9.74. The number of rotatable bonds is 7. The Bertz CT molecular complexity index is 1350. The summed E-state index contributed by atoms with van der Waals surface area (Å²) in [6.07, 6.45) is -1.19. The van der Waals surface area contributed by atoms with Crippen molar-refractivity contribution in [3.05, 3.63) is 51.0 Å². The maximum Gasteiger partial charge on any atom is 0.433 e. The zero-order valence-corrected chi connectivity index (χ0v) is 25.0. The second-order valence-electron chi connectivity index (χ2n) is 12.4. The fourth-order valence-electron chi connectivity index (χ4n) is 6.04. The van der Waals surface area contributed by atoms with Crippen LogP contribution in [-0.2, 0) is 11.0 Å². The van der Waals surface area contributed by atoms with Crippen molar-refractivity contribution < 1.29 is 37.1 Å². The van der Waals surface area contributed by atoms with Gasteiger partial charge in [-0.1, -0.05) is 37.0 Å². The Kier molecular flexibility index (Phi) is 9.05.